The molecule has 0 fully saturated rings. The minimum Gasteiger partial charge on any atom is -0.485 e. The van der Waals surface area contributed by atoms with Crippen molar-refractivity contribution < 1.29 is 4.74 Å². The van der Waals surface area contributed by atoms with Crippen molar-refractivity contribution >= 4 is 11.4 Å². The fourth-order valence-corrected chi connectivity index (χ4v) is 1.71. The largest absolute Gasteiger partial charge is 0.485 e. The number of aromatic amines is 1. The van der Waals surface area contributed by atoms with Gasteiger partial charge in [0.1, 0.15) is 5.75 Å². The average molecular weight is 267 g/mol. The fourth-order valence-electron chi connectivity index (χ4n) is 1.71. The summed E-state index contributed by atoms with van der Waals surface area (Å²) in [6, 6.07) is 17.7. The summed E-state index contributed by atoms with van der Waals surface area (Å²) in [7, 11) is 0. The van der Waals surface area contributed by atoms with Crippen molar-refractivity contribution in [2.75, 3.05) is 5.32 Å². The molecule has 3 aromatic rings. The number of hydrogen-bond donors (Lipinski definition) is 2. The van der Waals surface area contributed by atoms with Gasteiger partial charge in [0.2, 0.25) is 5.82 Å². The number of nitrogens with one attached hydrogen (secondary N) is 2. The van der Waals surface area contributed by atoms with Crippen LogP contribution in [0.5, 0.6) is 5.75 Å². The first-order chi connectivity index (χ1) is 9.90. The van der Waals surface area contributed by atoms with Crippen LogP contribution >= 0.6 is 0 Å². The molecule has 1 aromatic heterocycles. The number of H-pyrrole nitrogens is 1. The van der Waals surface area contributed by atoms with Gasteiger partial charge in [0.25, 0.3) is 0 Å². The van der Waals surface area contributed by atoms with Crippen LogP contribution < -0.4 is 10.1 Å². The van der Waals surface area contributed by atoms with Crippen molar-refractivity contribution in [2.45, 2.75) is 6.61 Å². The van der Waals surface area contributed by atoms with Crippen molar-refractivity contribution in [2.24, 2.45) is 0 Å². The van der Waals surface area contributed by atoms with Gasteiger partial charge in [-0.15, -0.1) is 10.2 Å². The van der Waals surface area contributed by atoms with Gasteiger partial charge in [0, 0.05) is 11.4 Å². The molecule has 0 saturated carbocycles. The molecule has 2 aromatic carbocycles. The van der Waals surface area contributed by atoms with E-state index in [1.807, 2.05) is 54.6 Å². The summed E-state index contributed by atoms with van der Waals surface area (Å²) in [6.07, 6.45) is 0. The molecule has 6 nitrogen and oxygen atoms in total. The molecule has 0 aliphatic carbocycles. The quantitative estimate of drug-likeness (QED) is 0.743. The molecule has 0 aliphatic rings. The Balaban J connectivity index is 1.60. The Kier molecular flexibility index (Phi) is 3.55. The molecule has 2 N–H and O–H groups in total. The highest BCUT2D eigenvalue weighted by Crippen LogP contribution is 2.20. The van der Waals surface area contributed by atoms with Crippen LogP contribution in [0.3, 0.4) is 0 Å². The van der Waals surface area contributed by atoms with E-state index in [-0.39, 0.29) is 0 Å². The number of benzene rings is 2. The summed E-state index contributed by atoms with van der Waals surface area (Å²) in [5, 5.41) is 16.8. The number of tetrazole rings is 1. The molecular weight excluding hydrogens is 254 g/mol. The van der Waals surface area contributed by atoms with Crippen LogP contribution in [0.1, 0.15) is 5.82 Å². The van der Waals surface area contributed by atoms with Crippen LogP contribution in [0.15, 0.2) is 54.6 Å². The lowest BCUT2D eigenvalue weighted by molar-refractivity contribution is 0.296. The Morgan fingerprint density at radius 2 is 1.70 bits per heavy atom. The third-order valence-electron chi connectivity index (χ3n) is 2.67. The third-order valence-corrected chi connectivity index (χ3v) is 2.67. The highest BCUT2D eigenvalue weighted by molar-refractivity contribution is 5.59. The summed E-state index contributed by atoms with van der Waals surface area (Å²) in [5.74, 6) is 1.28. The number of rotatable bonds is 5. The fraction of sp³-hybridized carbons (Fsp3) is 0.0714. The second-order valence-corrected chi connectivity index (χ2v) is 4.13. The highest BCUT2D eigenvalue weighted by Gasteiger charge is 2.00. The van der Waals surface area contributed by atoms with Crippen LogP contribution in [-0.2, 0) is 6.61 Å². The molecule has 1 heterocycles. The molecule has 0 unspecified atom stereocenters. The number of para-hydroxylation sites is 1. The summed E-state index contributed by atoms with van der Waals surface area (Å²) >= 11 is 0. The molecular formula is C14H13N5O. The monoisotopic (exact) mass is 267 g/mol. The van der Waals surface area contributed by atoms with Crippen molar-refractivity contribution in [1.82, 2.24) is 20.6 Å². The first-order valence-electron chi connectivity index (χ1n) is 6.17. The van der Waals surface area contributed by atoms with E-state index in [1.54, 1.807) is 0 Å². The van der Waals surface area contributed by atoms with Gasteiger partial charge in [-0.25, -0.2) is 0 Å². The van der Waals surface area contributed by atoms with Crippen LogP contribution in [-0.4, -0.2) is 20.6 Å². The standard InChI is InChI=1S/C14H13N5O/c1-2-4-11(5-3-1)15-12-6-8-13(9-7-12)20-10-14-16-18-19-17-14/h1-9,15H,10H2,(H,16,17,18,19). The Hall–Kier alpha value is -2.89. The van der Waals surface area contributed by atoms with E-state index < -0.39 is 0 Å². The molecule has 0 amide bonds. The molecule has 3 rings (SSSR count). The third kappa shape index (κ3) is 3.11. The second kappa shape index (κ2) is 5.83. The van der Waals surface area contributed by atoms with E-state index in [4.69, 9.17) is 4.74 Å². The molecule has 0 bridgehead atoms. The van der Waals surface area contributed by atoms with E-state index in [9.17, 15) is 0 Å². The molecule has 0 atom stereocenters. The normalized spacial score (nSPS) is 10.2. The lowest BCUT2D eigenvalue weighted by Crippen LogP contribution is -1.98. The van der Waals surface area contributed by atoms with Crippen LogP contribution in [0.25, 0.3) is 0 Å². The van der Waals surface area contributed by atoms with E-state index in [0.717, 1.165) is 17.1 Å². The van der Waals surface area contributed by atoms with Gasteiger partial charge in [-0.05, 0) is 36.4 Å². The topological polar surface area (TPSA) is 75.7 Å². The minimum absolute atomic E-state index is 0.294. The molecule has 100 valence electrons. The minimum atomic E-state index is 0.294. The molecule has 6 heteroatoms. The summed E-state index contributed by atoms with van der Waals surface area (Å²) < 4.78 is 5.54. The smallest absolute Gasteiger partial charge is 0.211 e. The number of hydrogen-bond acceptors (Lipinski definition) is 5. The predicted octanol–water partition coefficient (Wildman–Crippen LogP) is 2.52. The molecule has 0 aliphatic heterocycles. The van der Waals surface area contributed by atoms with Gasteiger partial charge in [0.05, 0.1) is 0 Å². The first kappa shape index (κ1) is 12.2. The maximum absolute atomic E-state index is 5.54. The van der Waals surface area contributed by atoms with Gasteiger partial charge < -0.3 is 10.1 Å². The van der Waals surface area contributed by atoms with E-state index in [2.05, 4.69) is 25.9 Å². The highest BCUT2D eigenvalue weighted by atomic mass is 16.5. The maximum Gasteiger partial charge on any atom is 0.211 e. The molecule has 20 heavy (non-hydrogen) atoms. The number of aromatic nitrogens is 4. The molecule has 0 radical (unpaired) electrons. The lowest BCUT2D eigenvalue weighted by Gasteiger charge is -2.07. The number of nitrogens with zero attached hydrogens (tertiary/aromatic N) is 3. The molecule has 0 saturated heterocycles. The SMILES string of the molecule is c1ccc(Nc2ccc(OCc3nn[nH]n3)cc2)cc1. The zero-order valence-electron chi connectivity index (χ0n) is 10.7. The van der Waals surface area contributed by atoms with E-state index >= 15 is 0 Å². The van der Waals surface area contributed by atoms with E-state index in [1.165, 1.54) is 0 Å². The van der Waals surface area contributed by atoms with Gasteiger partial charge >= 0.3 is 0 Å². The van der Waals surface area contributed by atoms with Gasteiger partial charge in [-0.1, -0.05) is 23.4 Å². The second-order valence-electron chi connectivity index (χ2n) is 4.13. The first-order valence-corrected chi connectivity index (χ1v) is 6.17. The average Bonchev–Trinajstić information content (AvgIpc) is 3.01. The Bertz CT molecular complexity index is 637. The Morgan fingerprint density at radius 3 is 2.40 bits per heavy atom. The van der Waals surface area contributed by atoms with Crippen molar-refractivity contribution in [3.63, 3.8) is 0 Å². The van der Waals surface area contributed by atoms with Crippen molar-refractivity contribution in [1.29, 1.82) is 0 Å². The number of anilines is 2. The van der Waals surface area contributed by atoms with E-state index in [0.29, 0.717) is 12.4 Å². The Morgan fingerprint density at radius 1 is 0.950 bits per heavy atom. The predicted molar refractivity (Wildman–Crippen MR) is 74.7 cm³/mol. The Labute approximate surface area is 115 Å². The molecule has 0 spiro atoms. The van der Waals surface area contributed by atoms with Gasteiger partial charge in [-0.2, -0.15) is 5.21 Å². The van der Waals surface area contributed by atoms with Crippen molar-refractivity contribution in [3.8, 4) is 5.75 Å². The van der Waals surface area contributed by atoms with Gasteiger partial charge in [-0.3, -0.25) is 0 Å². The zero-order valence-corrected chi connectivity index (χ0v) is 10.7. The van der Waals surface area contributed by atoms with Crippen LogP contribution in [0.2, 0.25) is 0 Å². The van der Waals surface area contributed by atoms with Crippen LogP contribution in [0, 0.1) is 0 Å². The van der Waals surface area contributed by atoms with Crippen LogP contribution in [0.4, 0.5) is 11.4 Å². The summed E-state index contributed by atoms with van der Waals surface area (Å²) in [6.45, 7) is 0.294. The van der Waals surface area contributed by atoms with Gasteiger partial charge in [0.15, 0.2) is 6.61 Å². The summed E-state index contributed by atoms with van der Waals surface area (Å²) in [5.41, 5.74) is 2.05. The number of ether oxygens (including phenoxy) is 1. The lowest BCUT2D eigenvalue weighted by atomic mass is 10.2. The van der Waals surface area contributed by atoms with Crippen molar-refractivity contribution in [3.05, 3.63) is 60.4 Å². The maximum atomic E-state index is 5.54. The summed E-state index contributed by atoms with van der Waals surface area (Å²) in [4.78, 5) is 0. The zero-order chi connectivity index (χ0) is 13.6.